The lowest BCUT2D eigenvalue weighted by molar-refractivity contribution is 0.00857. The monoisotopic (exact) mass is 367 g/mol. The predicted molar refractivity (Wildman–Crippen MR) is 108 cm³/mol. The van der Waals surface area contributed by atoms with Crippen LogP contribution in [0.3, 0.4) is 0 Å². The number of carbonyl (C=O) groups is 1. The highest BCUT2D eigenvalue weighted by atomic mass is 16.5. The van der Waals surface area contributed by atoms with E-state index < -0.39 is 0 Å². The second kappa shape index (κ2) is 9.00. The SMILES string of the molecule is Cc1ccc(Cc2ccccn2)cc1NC(=O)N1CCOC[C@@H]1CC(C)C. The van der Waals surface area contributed by atoms with Crippen LogP contribution in [0.4, 0.5) is 10.5 Å². The van der Waals surface area contributed by atoms with Crippen LogP contribution in [0.5, 0.6) is 0 Å². The Kier molecular flexibility index (Phi) is 6.45. The number of urea groups is 1. The van der Waals surface area contributed by atoms with Gasteiger partial charge in [0.05, 0.1) is 19.3 Å². The van der Waals surface area contributed by atoms with Gasteiger partial charge in [0, 0.05) is 30.5 Å². The van der Waals surface area contributed by atoms with Crippen LogP contribution in [0, 0.1) is 12.8 Å². The average Bonchev–Trinajstić information content (AvgIpc) is 2.65. The first kappa shape index (κ1) is 19.4. The second-order valence-corrected chi connectivity index (χ2v) is 7.63. The van der Waals surface area contributed by atoms with Crippen LogP contribution in [0.15, 0.2) is 42.6 Å². The van der Waals surface area contributed by atoms with E-state index in [4.69, 9.17) is 4.74 Å². The van der Waals surface area contributed by atoms with Crippen molar-refractivity contribution in [1.29, 1.82) is 0 Å². The fraction of sp³-hybridized carbons (Fsp3) is 0.455. The fourth-order valence-corrected chi connectivity index (χ4v) is 3.47. The van der Waals surface area contributed by atoms with E-state index in [0.29, 0.717) is 25.7 Å². The molecular formula is C22H29N3O2. The molecule has 1 saturated heterocycles. The molecule has 5 heteroatoms. The molecule has 2 amide bonds. The second-order valence-electron chi connectivity index (χ2n) is 7.63. The molecular weight excluding hydrogens is 338 g/mol. The zero-order chi connectivity index (χ0) is 19.2. The molecule has 1 N–H and O–H groups in total. The molecule has 5 nitrogen and oxygen atoms in total. The molecule has 0 bridgehead atoms. The van der Waals surface area contributed by atoms with E-state index in [-0.39, 0.29) is 12.1 Å². The summed E-state index contributed by atoms with van der Waals surface area (Å²) in [4.78, 5) is 19.2. The first-order valence-corrected chi connectivity index (χ1v) is 9.67. The van der Waals surface area contributed by atoms with Gasteiger partial charge in [0.2, 0.25) is 0 Å². The smallest absolute Gasteiger partial charge is 0.322 e. The van der Waals surface area contributed by atoms with Gasteiger partial charge in [-0.2, -0.15) is 0 Å². The molecule has 1 aromatic carbocycles. The minimum atomic E-state index is -0.0398. The zero-order valence-corrected chi connectivity index (χ0v) is 16.4. The summed E-state index contributed by atoms with van der Waals surface area (Å²) in [6.07, 6.45) is 3.50. The Morgan fingerprint density at radius 1 is 1.33 bits per heavy atom. The van der Waals surface area contributed by atoms with Crippen LogP contribution >= 0.6 is 0 Å². The number of anilines is 1. The van der Waals surface area contributed by atoms with E-state index >= 15 is 0 Å². The Morgan fingerprint density at radius 2 is 2.19 bits per heavy atom. The van der Waals surface area contributed by atoms with Crippen LogP contribution in [0.1, 0.15) is 37.1 Å². The van der Waals surface area contributed by atoms with E-state index in [2.05, 4.69) is 42.3 Å². The van der Waals surface area contributed by atoms with Gasteiger partial charge in [-0.25, -0.2) is 4.79 Å². The van der Waals surface area contributed by atoms with Crippen molar-refractivity contribution in [2.75, 3.05) is 25.1 Å². The highest BCUT2D eigenvalue weighted by Gasteiger charge is 2.28. The number of nitrogens with one attached hydrogen (secondary N) is 1. The van der Waals surface area contributed by atoms with E-state index in [1.54, 1.807) is 6.20 Å². The standard InChI is InChI=1S/C22H29N3O2/c1-16(2)12-20-15-27-11-10-25(20)22(26)24-21-14-18(8-7-17(21)3)13-19-6-4-5-9-23-19/h4-9,14,16,20H,10-13,15H2,1-3H3,(H,24,26)/t20-/m0/s1. The average molecular weight is 367 g/mol. The Morgan fingerprint density at radius 3 is 2.93 bits per heavy atom. The van der Waals surface area contributed by atoms with Crippen LogP contribution in [0.2, 0.25) is 0 Å². The molecule has 0 aliphatic carbocycles. The predicted octanol–water partition coefficient (Wildman–Crippen LogP) is 4.26. The van der Waals surface area contributed by atoms with Crippen LogP contribution in [-0.4, -0.2) is 41.7 Å². The molecule has 1 aliphatic rings. The van der Waals surface area contributed by atoms with Crippen LogP contribution in [0.25, 0.3) is 0 Å². The fourth-order valence-electron chi connectivity index (χ4n) is 3.47. The topological polar surface area (TPSA) is 54.5 Å². The number of carbonyl (C=O) groups excluding carboxylic acids is 1. The Bertz CT molecular complexity index is 761. The van der Waals surface area contributed by atoms with Crippen LogP contribution < -0.4 is 5.32 Å². The van der Waals surface area contributed by atoms with Crippen molar-refractivity contribution in [2.45, 2.75) is 39.7 Å². The zero-order valence-electron chi connectivity index (χ0n) is 16.4. The molecule has 2 heterocycles. The van der Waals surface area contributed by atoms with Crippen molar-refractivity contribution in [3.8, 4) is 0 Å². The maximum Gasteiger partial charge on any atom is 0.322 e. The molecule has 27 heavy (non-hydrogen) atoms. The van der Waals surface area contributed by atoms with Gasteiger partial charge < -0.3 is 15.0 Å². The van der Waals surface area contributed by atoms with Crippen molar-refractivity contribution in [2.24, 2.45) is 5.92 Å². The van der Waals surface area contributed by atoms with Gasteiger partial charge in [-0.1, -0.05) is 32.0 Å². The van der Waals surface area contributed by atoms with Gasteiger partial charge >= 0.3 is 6.03 Å². The Hall–Kier alpha value is -2.40. The summed E-state index contributed by atoms with van der Waals surface area (Å²) in [5, 5.41) is 3.12. The minimum Gasteiger partial charge on any atom is -0.377 e. The molecule has 3 rings (SSSR count). The number of hydrogen-bond donors (Lipinski definition) is 1. The highest BCUT2D eigenvalue weighted by molar-refractivity contribution is 5.90. The summed E-state index contributed by atoms with van der Waals surface area (Å²) in [6, 6.07) is 12.2. The molecule has 144 valence electrons. The number of benzene rings is 1. The van der Waals surface area contributed by atoms with Gasteiger partial charge in [0.1, 0.15) is 0 Å². The maximum atomic E-state index is 12.9. The van der Waals surface area contributed by atoms with Crippen molar-refractivity contribution in [1.82, 2.24) is 9.88 Å². The molecule has 1 fully saturated rings. The summed E-state index contributed by atoms with van der Waals surface area (Å²) in [5.41, 5.74) is 4.07. The third kappa shape index (κ3) is 5.30. The van der Waals surface area contributed by atoms with Crippen molar-refractivity contribution in [3.63, 3.8) is 0 Å². The molecule has 2 aromatic rings. The number of pyridine rings is 1. The largest absolute Gasteiger partial charge is 0.377 e. The number of morpholine rings is 1. The summed E-state index contributed by atoms with van der Waals surface area (Å²) in [5.74, 6) is 0.524. The van der Waals surface area contributed by atoms with Crippen molar-refractivity contribution >= 4 is 11.7 Å². The number of ether oxygens (including phenoxy) is 1. The molecule has 0 unspecified atom stereocenters. The van der Waals surface area contributed by atoms with Gasteiger partial charge in [-0.15, -0.1) is 0 Å². The number of amides is 2. The van der Waals surface area contributed by atoms with Crippen LogP contribution in [-0.2, 0) is 11.2 Å². The number of aryl methyl sites for hydroxylation is 1. The lowest BCUT2D eigenvalue weighted by Crippen LogP contribution is -2.50. The van der Waals surface area contributed by atoms with E-state index in [0.717, 1.165) is 35.3 Å². The third-order valence-corrected chi connectivity index (χ3v) is 4.89. The number of aromatic nitrogens is 1. The summed E-state index contributed by atoms with van der Waals surface area (Å²) in [6.45, 7) is 8.22. The number of nitrogens with zero attached hydrogens (tertiary/aromatic N) is 2. The summed E-state index contributed by atoms with van der Waals surface area (Å²) >= 11 is 0. The highest BCUT2D eigenvalue weighted by Crippen LogP contribution is 2.21. The van der Waals surface area contributed by atoms with E-state index in [9.17, 15) is 4.79 Å². The molecule has 0 spiro atoms. The van der Waals surface area contributed by atoms with Gasteiger partial charge in [0.25, 0.3) is 0 Å². The third-order valence-electron chi connectivity index (χ3n) is 4.89. The maximum absolute atomic E-state index is 12.9. The van der Waals surface area contributed by atoms with Crippen molar-refractivity contribution in [3.05, 3.63) is 59.4 Å². The lowest BCUT2D eigenvalue weighted by Gasteiger charge is -2.36. The Balaban J connectivity index is 1.72. The molecule has 1 aliphatic heterocycles. The van der Waals surface area contributed by atoms with Gasteiger partial charge in [-0.3, -0.25) is 4.98 Å². The van der Waals surface area contributed by atoms with E-state index in [1.165, 1.54) is 0 Å². The number of rotatable bonds is 5. The molecule has 0 radical (unpaired) electrons. The normalized spacial score (nSPS) is 17.2. The quantitative estimate of drug-likeness (QED) is 0.859. The molecule has 1 aromatic heterocycles. The minimum absolute atomic E-state index is 0.0398. The summed E-state index contributed by atoms with van der Waals surface area (Å²) in [7, 11) is 0. The van der Waals surface area contributed by atoms with Gasteiger partial charge in [-0.05, 0) is 48.6 Å². The van der Waals surface area contributed by atoms with E-state index in [1.807, 2.05) is 30.0 Å². The first-order valence-electron chi connectivity index (χ1n) is 9.67. The molecule has 1 atom stereocenters. The Labute approximate surface area is 161 Å². The summed E-state index contributed by atoms with van der Waals surface area (Å²) < 4.78 is 5.59. The lowest BCUT2D eigenvalue weighted by atomic mass is 10.0. The van der Waals surface area contributed by atoms with Crippen molar-refractivity contribution < 1.29 is 9.53 Å². The number of hydrogen-bond acceptors (Lipinski definition) is 3. The van der Waals surface area contributed by atoms with Gasteiger partial charge in [0.15, 0.2) is 0 Å². The molecule has 0 saturated carbocycles. The first-order chi connectivity index (χ1) is 13.0.